The molecule has 6 nitrogen and oxygen atoms in total. The molecule has 0 aliphatic carbocycles. The third-order valence-electron chi connectivity index (χ3n) is 4.84. The van der Waals surface area contributed by atoms with Gasteiger partial charge in [-0.3, -0.25) is 9.69 Å². The Kier molecular flexibility index (Phi) is 3.97. The number of hydrogen-bond donors (Lipinski definition) is 1. The minimum atomic E-state index is -0.778. The summed E-state index contributed by atoms with van der Waals surface area (Å²) in [5, 5.41) is 17.8. The van der Waals surface area contributed by atoms with Crippen LogP contribution in [-0.4, -0.2) is 49.4 Å². The van der Waals surface area contributed by atoms with Gasteiger partial charge < -0.3 is 9.67 Å². The van der Waals surface area contributed by atoms with Gasteiger partial charge in [0.1, 0.15) is 17.6 Å². The molecule has 2 aliphatic rings. The van der Waals surface area contributed by atoms with Gasteiger partial charge in [0, 0.05) is 25.0 Å². The minimum Gasteiger partial charge on any atom is -0.481 e. The lowest BCUT2D eigenvalue weighted by molar-refractivity contribution is -0.139. The summed E-state index contributed by atoms with van der Waals surface area (Å²) in [6, 6.07) is 1.07. The largest absolute Gasteiger partial charge is 0.481 e. The van der Waals surface area contributed by atoms with Crippen molar-refractivity contribution < 1.29 is 9.90 Å². The van der Waals surface area contributed by atoms with Crippen LogP contribution in [0.3, 0.4) is 0 Å². The predicted octanol–water partition coefficient (Wildman–Crippen LogP) is 1.66. The molecule has 3 rings (SSSR count). The molecular weight excluding hydrogens is 268 g/mol. The smallest absolute Gasteiger partial charge is 0.314 e. The molecule has 0 bridgehead atoms. The molecular formula is C15H24N4O2. The third-order valence-corrected chi connectivity index (χ3v) is 4.84. The van der Waals surface area contributed by atoms with Crippen LogP contribution in [-0.2, 0) is 17.8 Å². The van der Waals surface area contributed by atoms with Crippen molar-refractivity contribution >= 4 is 5.97 Å². The van der Waals surface area contributed by atoms with Crippen LogP contribution in [0.4, 0.5) is 0 Å². The van der Waals surface area contributed by atoms with Gasteiger partial charge in [0.05, 0.1) is 0 Å². The van der Waals surface area contributed by atoms with Gasteiger partial charge in [-0.15, -0.1) is 10.2 Å². The van der Waals surface area contributed by atoms with Crippen LogP contribution in [0.1, 0.15) is 57.1 Å². The van der Waals surface area contributed by atoms with Crippen molar-refractivity contribution in [3.63, 3.8) is 0 Å². The maximum Gasteiger partial charge on any atom is 0.314 e. The maximum absolute atomic E-state index is 11.3. The van der Waals surface area contributed by atoms with Crippen molar-refractivity contribution in [2.75, 3.05) is 6.54 Å². The van der Waals surface area contributed by atoms with Crippen molar-refractivity contribution in [3.05, 3.63) is 11.6 Å². The molecule has 1 fully saturated rings. The molecule has 21 heavy (non-hydrogen) atoms. The average molecular weight is 292 g/mol. The lowest BCUT2D eigenvalue weighted by Gasteiger charge is -2.28. The van der Waals surface area contributed by atoms with Gasteiger partial charge in [-0.1, -0.05) is 0 Å². The third kappa shape index (κ3) is 2.69. The Labute approximate surface area is 125 Å². The van der Waals surface area contributed by atoms with Crippen molar-refractivity contribution in [3.8, 4) is 0 Å². The molecule has 1 N–H and O–H groups in total. The van der Waals surface area contributed by atoms with Crippen LogP contribution in [0.15, 0.2) is 0 Å². The highest BCUT2D eigenvalue weighted by Crippen LogP contribution is 2.29. The SMILES string of the molecule is CC(C)N1CCCC1Cc1nnc2n1CCCC2C(=O)O. The van der Waals surface area contributed by atoms with Gasteiger partial charge in [0.25, 0.3) is 0 Å². The van der Waals surface area contributed by atoms with Crippen LogP contribution < -0.4 is 0 Å². The number of carboxylic acids is 1. The maximum atomic E-state index is 11.3. The van der Waals surface area contributed by atoms with Gasteiger partial charge in [0.15, 0.2) is 0 Å². The number of aliphatic carboxylic acids is 1. The van der Waals surface area contributed by atoms with E-state index < -0.39 is 11.9 Å². The zero-order valence-corrected chi connectivity index (χ0v) is 12.8. The molecule has 0 spiro atoms. The summed E-state index contributed by atoms with van der Waals surface area (Å²) in [7, 11) is 0. The Morgan fingerprint density at radius 2 is 2.05 bits per heavy atom. The molecule has 0 saturated carbocycles. The van der Waals surface area contributed by atoms with Gasteiger partial charge in [-0.25, -0.2) is 0 Å². The summed E-state index contributed by atoms with van der Waals surface area (Å²) in [4.78, 5) is 13.8. The first kappa shape index (κ1) is 14.5. The number of carboxylic acid groups (broad SMARTS) is 1. The molecule has 0 radical (unpaired) electrons. The average Bonchev–Trinajstić information content (AvgIpc) is 3.06. The summed E-state index contributed by atoms with van der Waals surface area (Å²) >= 11 is 0. The second-order valence-electron chi connectivity index (χ2n) is 6.49. The molecule has 0 aromatic carbocycles. The Morgan fingerprint density at radius 1 is 1.29 bits per heavy atom. The first-order chi connectivity index (χ1) is 10.1. The summed E-state index contributed by atoms with van der Waals surface area (Å²) in [5.74, 6) is 0.357. The Morgan fingerprint density at radius 3 is 2.76 bits per heavy atom. The number of nitrogens with zero attached hydrogens (tertiary/aromatic N) is 4. The Hall–Kier alpha value is -1.43. The first-order valence-corrected chi connectivity index (χ1v) is 7.98. The highest BCUT2D eigenvalue weighted by molar-refractivity contribution is 5.75. The lowest BCUT2D eigenvalue weighted by Crippen LogP contribution is -2.37. The lowest BCUT2D eigenvalue weighted by atomic mass is 9.99. The molecule has 6 heteroatoms. The molecule has 2 atom stereocenters. The second-order valence-corrected chi connectivity index (χ2v) is 6.49. The Balaban J connectivity index is 1.80. The number of carbonyl (C=O) groups is 1. The standard InChI is InChI=1S/C15H24N4O2/c1-10(2)18-7-3-5-11(18)9-13-16-17-14-12(15(20)21)6-4-8-19(13)14/h10-12H,3-9H2,1-2H3,(H,20,21). The molecule has 2 aliphatic heterocycles. The van der Waals surface area contributed by atoms with E-state index >= 15 is 0 Å². The van der Waals surface area contributed by atoms with Crippen LogP contribution in [0.5, 0.6) is 0 Å². The van der Waals surface area contributed by atoms with Crippen molar-refractivity contribution in [2.24, 2.45) is 0 Å². The molecule has 1 aromatic heterocycles. The van der Waals surface area contributed by atoms with E-state index in [0.29, 0.717) is 24.3 Å². The highest BCUT2D eigenvalue weighted by Gasteiger charge is 2.33. The molecule has 0 amide bonds. The summed E-state index contributed by atoms with van der Waals surface area (Å²) in [6.45, 7) is 6.48. The van der Waals surface area contributed by atoms with Gasteiger partial charge >= 0.3 is 5.97 Å². The van der Waals surface area contributed by atoms with Crippen LogP contribution >= 0.6 is 0 Å². The normalized spacial score (nSPS) is 26.2. The summed E-state index contributed by atoms with van der Waals surface area (Å²) in [6.07, 6.45) is 4.89. The van der Waals surface area contributed by atoms with Crippen LogP contribution in [0.2, 0.25) is 0 Å². The summed E-state index contributed by atoms with van der Waals surface area (Å²) < 4.78 is 2.05. The van der Waals surface area contributed by atoms with Crippen molar-refractivity contribution in [2.45, 2.75) is 70.5 Å². The van der Waals surface area contributed by atoms with Crippen molar-refractivity contribution in [1.29, 1.82) is 0 Å². The van der Waals surface area contributed by atoms with E-state index in [1.165, 1.54) is 12.8 Å². The molecule has 1 aromatic rings. The zero-order valence-electron chi connectivity index (χ0n) is 12.8. The molecule has 2 unspecified atom stereocenters. The number of aromatic nitrogens is 3. The first-order valence-electron chi connectivity index (χ1n) is 7.98. The quantitative estimate of drug-likeness (QED) is 0.913. The highest BCUT2D eigenvalue weighted by atomic mass is 16.4. The van der Waals surface area contributed by atoms with Crippen LogP contribution in [0.25, 0.3) is 0 Å². The van der Waals surface area contributed by atoms with Gasteiger partial charge in [0.2, 0.25) is 0 Å². The number of rotatable bonds is 4. The summed E-state index contributed by atoms with van der Waals surface area (Å²) in [5.41, 5.74) is 0. The van der Waals surface area contributed by atoms with E-state index in [1.807, 2.05) is 0 Å². The fraction of sp³-hybridized carbons (Fsp3) is 0.800. The number of hydrogen-bond acceptors (Lipinski definition) is 4. The predicted molar refractivity (Wildman–Crippen MR) is 78.2 cm³/mol. The van der Waals surface area contributed by atoms with E-state index in [2.05, 4.69) is 33.5 Å². The van der Waals surface area contributed by atoms with Crippen LogP contribution in [0, 0.1) is 0 Å². The fourth-order valence-electron chi connectivity index (χ4n) is 3.79. The monoisotopic (exact) mass is 292 g/mol. The minimum absolute atomic E-state index is 0.482. The second kappa shape index (κ2) is 5.75. The molecule has 3 heterocycles. The van der Waals surface area contributed by atoms with E-state index in [9.17, 15) is 9.90 Å². The van der Waals surface area contributed by atoms with Gasteiger partial charge in [-0.05, 0) is 46.1 Å². The van der Waals surface area contributed by atoms with Gasteiger partial charge in [-0.2, -0.15) is 0 Å². The molecule has 1 saturated heterocycles. The van der Waals surface area contributed by atoms with E-state index in [0.717, 1.165) is 31.8 Å². The number of fused-ring (bicyclic) bond motifs is 1. The molecule has 116 valence electrons. The number of likely N-dealkylation sites (tertiary alicyclic amines) is 1. The Bertz CT molecular complexity index is 526. The van der Waals surface area contributed by atoms with E-state index in [-0.39, 0.29) is 0 Å². The zero-order chi connectivity index (χ0) is 15.0. The van der Waals surface area contributed by atoms with E-state index in [4.69, 9.17) is 0 Å². The fourth-order valence-corrected chi connectivity index (χ4v) is 3.79. The topological polar surface area (TPSA) is 71.2 Å². The van der Waals surface area contributed by atoms with E-state index in [1.54, 1.807) is 0 Å². The van der Waals surface area contributed by atoms with Crippen molar-refractivity contribution in [1.82, 2.24) is 19.7 Å².